The van der Waals surface area contributed by atoms with Gasteiger partial charge in [0, 0.05) is 5.56 Å². The molecule has 4 rings (SSSR count). The highest BCUT2D eigenvalue weighted by Gasteiger charge is 2.26. The van der Waals surface area contributed by atoms with Crippen LogP contribution in [0.3, 0.4) is 0 Å². The lowest BCUT2D eigenvalue weighted by molar-refractivity contribution is -0.130. The fourth-order valence-corrected chi connectivity index (χ4v) is 4.69. The predicted octanol–water partition coefficient (Wildman–Crippen LogP) is 5.46. The molecule has 2 atom stereocenters. The van der Waals surface area contributed by atoms with Crippen LogP contribution in [0.4, 0.5) is 0 Å². The zero-order chi connectivity index (χ0) is 21.1. The first-order valence-corrected chi connectivity index (χ1v) is 11.1. The Balaban J connectivity index is 1.43. The second-order valence-corrected chi connectivity index (χ2v) is 8.65. The molecule has 5 heteroatoms. The first kappa shape index (κ1) is 20.4. The molecule has 0 saturated heterocycles. The number of nitrogens with one attached hydrogen (secondary N) is 1. The van der Waals surface area contributed by atoms with Crippen LogP contribution in [0.2, 0.25) is 0 Å². The second-order valence-electron chi connectivity index (χ2n) is 7.73. The van der Waals surface area contributed by atoms with Crippen molar-refractivity contribution in [1.82, 2.24) is 5.32 Å². The number of hydrogen-bond acceptors (Lipinski definition) is 4. The molecular formula is C25H25NO3S. The smallest absolute Gasteiger partial charge is 0.349 e. The van der Waals surface area contributed by atoms with Gasteiger partial charge in [-0.1, -0.05) is 54.1 Å². The molecule has 1 aliphatic rings. The van der Waals surface area contributed by atoms with E-state index in [0.717, 1.165) is 41.5 Å². The van der Waals surface area contributed by atoms with Gasteiger partial charge < -0.3 is 10.1 Å². The summed E-state index contributed by atoms with van der Waals surface area (Å²) >= 11 is 1.33. The molecule has 1 N–H and O–H groups in total. The highest BCUT2D eigenvalue weighted by molar-refractivity contribution is 7.12. The van der Waals surface area contributed by atoms with Crippen molar-refractivity contribution in [1.29, 1.82) is 0 Å². The maximum Gasteiger partial charge on any atom is 0.349 e. The minimum Gasteiger partial charge on any atom is -0.448 e. The number of benzene rings is 2. The molecule has 3 aromatic rings. The van der Waals surface area contributed by atoms with E-state index in [-0.39, 0.29) is 11.9 Å². The van der Waals surface area contributed by atoms with Gasteiger partial charge in [0.15, 0.2) is 6.10 Å². The van der Waals surface area contributed by atoms with Crippen LogP contribution >= 0.6 is 11.3 Å². The largest absolute Gasteiger partial charge is 0.448 e. The van der Waals surface area contributed by atoms with E-state index in [4.69, 9.17) is 4.74 Å². The van der Waals surface area contributed by atoms with Crippen LogP contribution in [0, 0.1) is 6.92 Å². The highest BCUT2D eigenvalue weighted by Crippen LogP contribution is 2.31. The van der Waals surface area contributed by atoms with E-state index in [1.54, 1.807) is 6.92 Å². The number of amides is 1. The molecule has 2 aromatic carbocycles. The fraction of sp³-hybridized carbons (Fsp3) is 0.280. The van der Waals surface area contributed by atoms with Crippen LogP contribution in [-0.2, 0) is 16.0 Å². The van der Waals surface area contributed by atoms with Gasteiger partial charge in [-0.05, 0) is 61.2 Å². The molecule has 30 heavy (non-hydrogen) atoms. The van der Waals surface area contributed by atoms with Crippen LogP contribution in [-0.4, -0.2) is 18.0 Å². The first-order valence-electron chi connectivity index (χ1n) is 10.3. The van der Waals surface area contributed by atoms with Crippen molar-refractivity contribution in [2.24, 2.45) is 0 Å². The van der Waals surface area contributed by atoms with Crippen LogP contribution < -0.4 is 5.32 Å². The Kier molecular flexibility index (Phi) is 6.00. The molecule has 0 unspecified atom stereocenters. The number of ether oxygens (including phenoxy) is 1. The van der Waals surface area contributed by atoms with Gasteiger partial charge in [0.25, 0.3) is 5.91 Å². The fourth-order valence-electron chi connectivity index (χ4n) is 3.89. The number of fused-ring (bicyclic) bond motifs is 1. The molecule has 1 aromatic heterocycles. The minimum absolute atomic E-state index is 0.0338. The Labute approximate surface area is 180 Å². The van der Waals surface area contributed by atoms with E-state index in [1.807, 2.05) is 54.8 Å². The number of carbonyl (C=O) groups is 2. The topological polar surface area (TPSA) is 55.4 Å². The SMILES string of the molecule is Cc1ccc(-c2ccsc2C(=O)O[C@H](C)C(=O)N[C@H]2CCCc3ccccc32)cc1. The van der Waals surface area contributed by atoms with Gasteiger partial charge in [-0.2, -0.15) is 0 Å². The molecule has 1 heterocycles. The van der Waals surface area contributed by atoms with Gasteiger partial charge in [0.1, 0.15) is 4.88 Å². The Morgan fingerprint density at radius 1 is 1.10 bits per heavy atom. The van der Waals surface area contributed by atoms with E-state index < -0.39 is 12.1 Å². The van der Waals surface area contributed by atoms with Gasteiger partial charge in [-0.25, -0.2) is 4.79 Å². The van der Waals surface area contributed by atoms with Gasteiger partial charge in [0.05, 0.1) is 6.04 Å². The molecule has 154 valence electrons. The summed E-state index contributed by atoms with van der Waals surface area (Å²) < 4.78 is 5.53. The summed E-state index contributed by atoms with van der Waals surface area (Å²) in [6, 6.07) is 18.1. The van der Waals surface area contributed by atoms with Crippen molar-refractivity contribution in [2.75, 3.05) is 0 Å². The minimum atomic E-state index is -0.862. The van der Waals surface area contributed by atoms with Crippen molar-refractivity contribution in [3.8, 4) is 11.1 Å². The second kappa shape index (κ2) is 8.84. The number of thiophene rings is 1. The Hall–Kier alpha value is -2.92. The quantitative estimate of drug-likeness (QED) is 0.559. The number of aryl methyl sites for hydroxylation is 2. The summed E-state index contributed by atoms with van der Waals surface area (Å²) in [4.78, 5) is 26.0. The molecule has 0 fully saturated rings. The zero-order valence-corrected chi connectivity index (χ0v) is 18.0. The number of hydrogen-bond donors (Lipinski definition) is 1. The molecule has 0 radical (unpaired) electrons. The van der Waals surface area contributed by atoms with Crippen molar-refractivity contribution >= 4 is 23.2 Å². The molecule has 0 spiro atoms. The van der Waals surface area contributed by atoms with Crippen LogP contribution in [0.5, 0.6) is 0 Å². The first-order chi connectivity index (χ1) is 14.5. The molecule has 0 bridgehead atoms. The summed E-state index contributed by atoms with van der Waals surface area (Å²) in [5, 5.41) is 4.94. The van der Waals surface area contributed by atoms with E-state index in [1.165, 1.54) is 16.9 Å². The zero-order valence-electron chi connectivity index (χ0n) is 17.2. The molecule has 4 nitrogen and oxygen atoms in total. The molecule has 1 amide bonds. The average molecular weight is 420 g/mol. The Bertz CT molecular complexity index is 1050. The molecule has 0 aliphatic heterocycles. The normalized spacial score (nSPS) is 16.4. The summed E-state index contributed by atoms with van der Waals surface area (Å²) in [6.45, 7) is 3.65. The maximum atomic E-state index is 12.8. The summed E-state index contributed by atoms with van der Waals surface area (Å²) in [7, 11) is 0. The summed E-state index contributed by atoms with van der Waals surface area (Å²) in [6.07, 6.45) is 2.10. The highest BCUT2D eigenvalue weighted by atomic mass is 32.1. The van der Waals surface area contributed by atoms with E-state index in [0.29, 0.717) is 4.88 Å². The van der Waals surface area contributed by atoms with Gasteiger partial charge >= 0.3 is 5.97 Å². The Morgan fingerprint density at radius 2 is 1.87 bits per heavy atom. The van der Waals surface area contributed by atoms with Crippen molar-refractivity contribution in [2.45, 2.75) is 45.3 Å². The van der Waals surface area contributed by atoms with Crippen molar-refractivity contribution in [3.05, 3.63) is 81.5 Å². The van der Waals surface area contributed by atoms with Crippen LogP contribution in [0.25, 0.3) is 11.1 Å². The van der Waals surface area contributed by atoms with Crippen LogP contribution in [0.15, 0.2) is 60.0 Å². The van der Waals surface area contributed by atoms with Gasteiger partial charge in [-0.15, -0.1) is 11.3 Å². The lowest BCUT2D eigenvalue weighted by Gasteiger charge is -2.27. The van der Waals surface area contributed by atoms with Gasteiger partial charge in [-0.3, -0.25) is 4.79 Å². The van der Waals surface area contributed by atoms with E-state index in [9.17, 15) is 9.59 Å². The number of carbonyl (C=O) groups excluding carboxylic acids is 2. The number of esters is 1. The van der Waals surface area contributed by atoms with Crippen molar-refractivity contribution < 1.29 is 14.3 Å². The predicted molar refractivity (Wildman–Crippen MR) is 120 cm³/mol. The summed E-state index contributed by atoms with van der Waals surface area (Å²) in [5.41, 5.74) is 5.40. The average Bonchev–Trinajstić information content (AvgIpc) is 3.24. The maximum absolute atomic E-state index is 12.8. The standard InChI is InChI=1S/C25H25NO3S/c1-16-10-12-19(13-11-16)21-14-15-30-23(21)25(28)29-17(2)24(27)26-22-9-5-7-18-6-3-4-8-20(18)22/h3-4,6,8,10-15,17,22H,5,7,9H2,1-2H3,(H,26,27)/t17-,22+/m1/s1. The third-order valence-electron chi connectivity index (χ3n) is 5.55. The van der Waals surface area contributed by atoms with E-state index >= 15 is 0 Å². The van der Waals surface area contributed by atoms with E-state index in [2.05, 4.69) is 17.4 Å². The lowest BCUT2D eigenvalue weighted by atomic mass is 9.87. The molecular weight excluding hydrogens is 394 g/mol. The Morgan fingerprint density at radius 3 is 2.67 bits per heavy atom. The molecule has 0 saturated carbocycles. The summed E-state index contributed by atoms with van der Waals surface area (Å²) in [5.74, 6) is -0.731. The van der Waals surface area contributed by atoms with Crippen molar-refractivity contribution in [3.63, 3.8) is 0 Å². The third kappa shape index (κ3) is 4.31. The third-order valence-corrected chi connectivity index (χ3v) is 6.45. The van der Waals surface area contributed by atoms with Crippen LogP contribution in [0.1, 0.15) is 52.2 Å². The van der Waals surface area contributed by atoms with Gasteiger partial charge in [0.2, 0.25) is 0 Å². The number of rotatable bonds is 5. The molecule has 1 aliphatic carbocycles. The monoisotopic (exact) mass is 419 g/mol. The lowest BCUT2D eigenvalue weighted by Crippen LogP contribution is -2.39.